The molecule has 1 aliphatic heterocycles. The van der Waals surface area contributed by atoms with Gasteiger partial charge in [-0.3, -0.25) is 4.98 Å². The third-order valence-corrected chi connectivity index (χ3v) is 2.74. The summed E-state index contributed by atoms with van der Waals surface area (Å²) < 4.78 is 0. The molecule has 0 aromatic carbocycles. The lowest BCUT2D eigenvalue weighted by Crippen LogP contribution is -2.44. The van der Waals surface area contributed by atoms with Crippen LogP contribution in [-0.4, -0.2) is 31.2 Å². The van der Waals surface area contributed by atoms with E-state index in [0.29, 0.717) is 0 Å². The number of aromatic nitrogens is 1. The number of nitrogens with zero attached hydrogens (tertiary/aromatic N) is 2. The molecule has 1 aliphatic rings. The molecule has 0 aliphatic carbocycles. The van der Waals surface area contributed by atoms with E-state index in [1.54, 1.807) is 0 Å². The molecule has 0 unspecified atom stereocenters. The molecule has 2 heterocycles. The largest absolute Gasteiger partial charge is 0.367 e. The highest BCUT2D eigenvalue weighted by Gasteiger charge is 2.14. The van der Waals surface area contributed by atoms with Gasteiger partial charge in [0.05, 0.1) is 11.4 Å². The van der Waals surface area contributed by atoms with Gasteiger partial charge < -0.3 is 10.2 Å². The van der Waals surface area contributed by atoms with E-state index in [-0.39, 0.29) is 0 Å². The van der Waals surface area contributed by atoms with Crippen molar-refractivity contribution in [2.24, 2.45) is 0 Å². The molecule has 0 atom stereocenters. The Balaban J connectivity index is 2.29. The van der Waals surface area contributed by atoms with Crippen molar-refractivity contribution in [2.45, 2.75) is 13.8 Å². The number of pyridine rings is 1. The molecule has 1 saturated heterocycles. The second kappa shape index (κ2) is 3.96. The number of hydrogen-bond acceptors (Lipinski definition) is 3. The molecule has 0 saturated carbocycles. The van der Waals surface area contributed by atoms with Gasteiger partial charge in [-0.2, -0.15) is 0 Å². The van der Waals surface area contributed by atoms with Gasteiger partial charge in [0.2, 0.25) is 0 Å². The molecule has 0 radical (unpaired) electrons. The molecule has 3 nitrogen and oxygen atoms in total. The maximum Gasteiger partial charge on any atom is 0.0613 e. The minimum atomic E-state index is 1.08. The Morgan fingerprint density at radius 2 is 2.00 bits per heavy atom. The summed E-state index contributed by atoms with van der Waals surface area (Å²) >= 11 is 0. The molecule has 1 aromatic heterocycles. The second-order valence-electron chi connectivity index (χ2n) is 3.80. The smallest absolute Gasteiger partial charge is 0.0613 e. The van der Waals surface area contributed by atoms with Crippen LogP contribution >= 0.6 is 0 Å². The second-order valence-corrected chi connectivity index (χ2v) is 3.80. The molecule has 1 fully saturated rings. The summed E-state index contributed by atoms with van der Waals surface area (Å²) in [5.74, 6) is 0. The number of anilines is 1. The van der Waals surface area contributed by atoms with Crippen LogP contribution in [0.2, 0.25) is 0 Å². The number of rotatable bonds is 1. The van der Waals surface area contributed by atoms with Crippen LogP contribution in [0.1, 0.15) is 11.3 Å². The van der Waals surface area contributed by atoms with Crippen LogP contribution < -0.4 is 10.2 Å². The van der Waals surface area contributed by atoms with Gasteiger partial charge in [0.25, 0.3) is 0 Å². The topological polar surface area (TPSA) is 28.2 Å². The fourth-order valence-electron chi connectivity index (χ4n) is 2.05. The lowest BCUT2D eigenvalue weighted by molar-refractivity contribution is 0.587. The van der Waals surface area contributed by atoms with Crippen molar-refractivity contribution in [3.63, 3.8) is 0 Å². The zero-order valence-electron chi connectivity index (χ0n) is 8.88. The van der Waals surface area contributed by atoms with E-state index in [9.17, 15) is 0 Å². The fraction of sp³-hybridized carbons (Fsp3) is 0.545. The summed E-state index contributed by atoms with van der Waals surface area (Å²) in [4.78, 5) is 6.78. The van der Waals surface area contributed by atoms with Crippen LogP contribution in [0.15, 0.2) is 12.3 Å². The van der Waals surface area contributed by atoms with Crippen LogP contribution in [0.25, 0.3) is 0 Å². The van der Waals surface area contributed by atoms with E-state index in [2.05, 4.69) is 35.1 Å². The Morgan fingerprint density at radius 3 is 2.64 bits per heavy atom. The highest BCUT2D eigenvalue weighted by Crippen LogP contribution is 2.22. The zero-order valence-corrected chi connectivity index (χ0v) is 8.88. The first-order chi connectivity index (χ1) is 6.79. The number of hydrogen-bond donors (Lipinski definition) is 1. The summed E-state index contributed by atoms with van der Waals surface area (Å²) in [7, 11) is 0. The number of aryl methyl sites for hydroxylation is 2. The fourth-order valence-corrected chi connectivity index (χ4v) is 2.05. The Morgan fingerprint density at radius 1 is 1.29 bits per heavy atom. The third kappa shape index (κ3) is 1.73. The maximum atomic E-state index is 4.35. The Bertz CT molecular complexity index is 296. The minimum Gasteiger partial charge on any atom is -0.367 e. The van der Waals surface area contributed by atoms with Crippen molar-refractivity contribution in [1.82, 2.24) is 10.3 Å². The molecule has 3 heteroatoms. The van der Waals surface area contributed by atoms with Crippen LogP contribution in [0.5, 0.6) is 0 Å². The molecule has 1 aromatic rings. The quantitative estimate of drug-likeness (QED) is 0.720. The summed E-state index contributed by atoms with van der Waals surface area (Å²) in [6.07, 6.45) is 1.89. The summed E-state index contributed by atoms with van der Waals surface area (Å²) in [6, 6.07) is 2.09. The van der Waals surface area contributed by atoms with Crippen LogP contribution in [0.3, 0.4) is 0 Å². The lowest BCUT2D eigenvalue weighted by Gasteiger charge is -2.31. The molecule has 0 spiro atoms. The van der Waals surface area contributed by atoms with Gasteiger partial charge in [0.1, 0.15) is 0 Å². The number of piperazine rings is 1. The van der Waals surface area contributed by atoms with Crippen molar-refractivity contribution in [2.75, 3.05) is 31.1 Å². The normalized spacial score (nSPS) is 17.1. The highest BCUT2D eigenvalue weighted by molar-refractivity contribution is 5.56. The van der Waals surface area contributed by atoms with E-state index >= 15 is 0 Å². The Kier molecular flexibility index (Phi) is 2.68. The summed E-state index contributed by atoms with van der Waals surface area (Å²) in [5, 5.41) is 3.36. The predicted octanol–water partition coefficient (Wildman–Crippen LogP) is 1.11. The molecular formula is C11H17N3. The van der Waals surface area contributed by atoms with Gasteiger partial charge in [0.15, 0.2) is 0 Å². The third-order valence-electron chi connectivity index (χ3n) is 2.74. The first-order valence-corrected chi connectivity index (χ1v) is 5.17. The molecular weight excluding hydrogens is 174 g/mol. The van der Waals surface area contributed by atoms with Gasteiger partial charge in [-0.15, -0.1) is 0 Å². The lowest BCUT2D eigenvalue weighted by atomic mass is 10.1. The standard InChI is InChI=1S/C11H17N3/c1-9-3-4-13-10(2)11(9)14-7-5-12-6-8-14/h3-4,12H,5-8H2,1-2H3. The molecule has 76 valence electrons. The predicted molar refractivity (Wildman–Crippen MR) is 58.8 cm³/mol. The van der Waals surface area contributed by atoms with Crippen molar-refractivity contribution >= 4 is 5.69 Å². The number of nitrogens with one attached hydrogen (secondary N) is 1. The first-order valence-electron chi connectivity index (χ1n) is 5.17. The summed E-state index contributed by atoms with van der Waals surface area (Å²) in [5.41, 5.74) is 3.81. The molecule has 1 N–H and O–H groups in total. The van der Waals surface area contributed by atoms with Crippen molar-refractivity contribution < 1.29 is 0 Å². The van der Waals surface area contributed by atoms with Crippen LogP contribution in [-0.2, 0) is 0 Å². The average molecular weight is 191 g/mol. The average Bonchev–Trinajstić information content (AvgIpc) is 2.19. The van der Waals surface area contributed by atoms with Gasteiger partial charge in [-0.25, -0.2) is 0 Å². The molecule has 2 rings (SSSR count). The molecule has 14 heavy (non-hydrogen) atoms. The van der Waals surface area contributed by atoms with E-state index in [4.69, 9.17) is 0 Å². The SMILES string of the molecule is Cc1ccnc(C)c1N1CCNCC1. The Hall–Kier alpha value is -1.09. The van der Waals surface area contributed by atoms with E-state index in [1.807, 2.05) is 6.20 Å². The monoisotopic (exact) mass is 191 g/mol. The van der Waals surface area contributed by atoms with Gasteiger partial charge in [0, 0.05) is 32.4 Å². The Labute approximate surface area is 85.1 Å². The maximum absolute atomic E-state index is 4.35. The van der Waals surface area contributed by atoms with Crippen molar-refractivity contribution in [1.29, 1.82) is 0 Å². The van der Waals surface area contributed by atoms with E-state index < -0.39 is 0 Å². The summed E-state index contributed by atoms with van der Waals surface area (Å²) in [6.45, 7) is 8.58. The van der Waals surface area contributed by atoms with Crippen molar-refractivity contribution in [3.05, 3.63) is 23.5 Å². The van der Waals surface area contributed by atoms with Crippen molar-refractivity contribution in [3.8, 4) is 0 Å². The van der Waals surface area contributed by atoms with E-state index in [0.717, 1.165) is 31.9 Å². The minimum absolute atomic E-state index is 1.08. The van der Waals surface area contributed by atoms with Gasteiger partial charge >= 0.3 is 0 Å². The molecule has 0 amide bonds. The molecule has 0 bridgehead atoms. The van der Waals surface area contributed by atoms with Gasteiger partial charge in [-0.1, -0.05) is 0 Å². The first kappa shape index (κ1) is 9.46. The van der Waals surface area contributed by atoms with E-state index in [1.165, 1.54) is 11.3 Å². The highest BCUT2D eigenvalue weighted by atomic mass is 15.2. The van der Waals surface area contributed by atoms with Crippen LogP contribution in [0.4, 0.5) is 5.69 Å². The zero-order chi connectivity index (χ0) is 9.97. The van der Waals surface area contributed by atoms with Crippen LogP contribution in [0, 0.1) is 13.8 Å². The van der Waals surface area contributed by atoms with Gasteiger partial charge in [-0.05, 0) is 25.5 Å².